The molecule has 1 heterocycles. The molecular formula is C18H14ClF2N3O. The number of halogens is 3. The van der Waals surface area contributed by atoms with Crippen LogP contribution in [0.4, 0.5) is 19.3 Å². The molecule has 1 aliphatic heterocycles. The molecule has 0 radical (unpaired) electrons. The van der Waals surface area contributed by atoms with Crippen molar-refractivity contribution in [2.75, 3.05) is 18.4 Å². The molecule has 128 valence electrons. The molecule has 1 aliphatic rings. The lowest BCUT2D eigenvalue weighted by molar-refractivity contribution is 0.221. The second-order valence-electron chi connectivity index (χ2n) is 5.93. The lowest BCUT2D eigenvalue weighted by Crippen LogP contribution is -2.36. The van der Waals surface area contributed by atoms with Gasteiger partial charge in [0.2, 0.25) is 0 Å². The van der Waals surface area contributed by atoms with Crippen LogP contribution in [0.2, 0.25) is 5.02 Å². The molecule has 7 heteroatoms. The lowest BCUT2D eigenvalue weighted by Gasteiger charge is -2.23. The van der Waals surface area contributed by atoms with Crippen molar-refractivity contribution in [2.24, 2.45) is 0 Å². The van der Waals surface area contributed by atoms with E-state index in [1.54, 1.807) is 0 Å². The number of anilines is 1. The summed E-state index contributed by atoms with van der Waals surface area (Å²) in [7, 11) is 0. The third-order valence-electron chi connectivity index (χ3n) is 4.31. The van der Waals surface area contributed by atoms with Crippen LogP contribution in [0.25, 0.3) is 0 Å². The Kier molecular flexibility index (Phi) is 4.60. The SMILES string of the molecule is N#CC1(c2ccc(Cl)cc2F)CCN(C(=O)Nc2ccc(F)cc2)C1. The average molecular weight is 362 g/mol. The zero-order valence-corrected chi connectivity index (χ0v) is 13.9. The highest BCUT2D eigenvalue weighted by Crippen LogP contribution is 2.36. The summed E-state index contributed by atoms with van der Waals surface area (Å²) < 4.78 is 27.2. The van der Waals surface area contributed by atoms with Crippen molar-refractivity contribution in [3.05, 3.63) is 64.7 Å². The maximum absolute atomic E-state index is 14.3. The second-order valence-corrected chi connectivity index (χ2v) is 6.36. The van der Waals surface area contributed by atoms with Gasteiger partial charge in [-0.1, -0.05) is 17.7 Å². The van der Waals surface area contributed by atoms with Gasteiger partial charge < -0.3 is 10.2 Å². The zero-order chi connectivity index (χ0) is 18.0. The fourth-order valence-corrected chi connectivity index (χ4v) is 3.13. The number of nitrogens with one attached hydrogen (secondary N) is 1. The number of carbonyl (C=O) groups is 1. The molecule has 1 N–H and O–H groups in total. The zero-order valence-electron chi connectivity index (χ0n) is 13.1. The highest BCUT2D eigenvalue weighted by molar-refractivity contribution is 6.30. The third kappa shape index (κ3) is 3.42. The Balaban J connectivity index is 1.77. The van der Waals surface area contributed by atoms with Crippen molar-refractivity contribution < 1.29 is 13.6 Å². The predicted molar refractivity (Wildman–Crippen MR) is 90.3 cm³/mol. The van der Waals surface area contributed by atoms with Crippen LogP contribution in [-0.2, 0) is 5.41 Å². The number of carbonyl (C=O) groups excluding carboxylic acids is 1. The van der Waals surface area contributed by atoms with E-state index in [0.29, 0.717) is 18.7 Å². The molecule has 2 aromatic carbocycles. The topological polar surface area (TPSA) is 56.1 Å². The van der Waals surface area contributed by atoms with E-state index in [2.05, 4.69) is 11.4 Å². The summed E-state index contributed by atoms with van der Waals surface area (Å²) in [5.74, 6) is -0.962. The molecule has 0 spiro atoms. The van der Waals surface area contributed by atoms with Crippen LogP contribution < -0.4 is 5.32 Å². The lowest BCUT2D eigenvalue weighted by atomic mass is 9.81. The van der Waals surface area contributed by atoms with Crippen LogP contribution >= 0.6 is 11.6 Å². The van der Waals surface area contributed by atoms with Gasteiger partial charge in [-0.3, -0.25) is 0 Å². The predicted octanol–water partition coefficient (Wildman–Crippen LogP) is 4.32. The normalized spacial score (nSPS) is 19.5. The van der Waals surface area contributed by atoms with Crippen LogP contribution in [0.1, 0.15) is 12.0 Å². The van der Waals surface area contributed by atoms with E-state index in [1.807, 2.05) is 0 Å². The van der Waals surface area contributed by atoms with Gasteiger partial charge in [-0.15, -0.1) is 0 Å². The van der Waals surface area contributed by atoms with Gasteiger partial charge in [-0.05, 0) is 42.8 Å². The number of benzene rings is 2. The number of urea groups is 1. The van der Waals surface area contributed by atoms with Gasteiger partial charge >= 0.3 is 6.03 Å². The number of nitriles is 1. The molecule has 1 unspecified atom stereocenters. The molecule has 0 saturated carbocycles. The number of nitrogens with zero attached hydrogens (tertiary/aromatic N) is 2. The maximum Gasteiger partial charge on any atom is 0.321 e. The minimum Gasteiger partial charge on any atom is -0.323 e. The summed E-state index contributed by atoms with van der Waals surface area (Å²) in [4.78, 5) is 13.8. The van der Waals surface area contributed by atoms with Crippen LogP contribution in [0.3, 0.4) is 0 Å². The van der Waals surface area contributed by atoms with Crippen molar-refractivity contribution in [3.63, 3.8) is 0 Å². The molecule has 1 saturated heterocycles. The molecule has 3 rings (SSSR count). The van der Waals surface area contributed by atoms with Gasteiger partial charge in [0, 0.05) is 29.4 Å². The molecule has 0 aromatic heterocycles. The third-order valence-corrected chi connectivity index (χ3v) is 4.55. The molecule has 0 aliphatic carbocycles. The Bertz CT molecular complexity index is 850. The van der Waals surface area contributed by atoms with Crippen molar-refractivity contribution in [1.29, 1.82) is 5.26 Å². The first kappa shape index (κ1) is 17.2. The molecule has 1 fully saturated rings. The first-order valence-corrected chi connectivity index (χ1v) is 8.00. The number of rotatable bonds is 2. The van der Waals surface area contributed by atoms with Crippen molar-refractivity contribution in [1.82, 2.24) is 4.90 Å². The Morgan fingerprint density at radius 3 is 2.60 bits per heavy atom. The largest absolute Gasteiger partial charge is 0.323 e. The van der Waals surface area contributed by atoms with Gasteiger partial charge in [0.05, 0.1) is 6.07 Å². The monoisotopic (exact) mass is 361 g/mol. The molecule has 1 atom stereocenters. The first-order chi connectivity index (χ1) is 11.9. The Morgan fingerprint density at radius 1 is 1.24 bits per heavy atom. The Morgan fingerprint density at radius 2 is 1.96 bits per heavy atom. The summed E-state index contributed by atoms with van der Waals surface area (Å²) in [6, 6.07) is 11.3. The molecule has 25 heavy (non-hydrogen) atoms. The van der Waals surface area contributed by atoms with Crippen LogP contribution in [-0.4, -0.2) is 24.0 Å². The van der Waals surface area contributed by atoms with E-state index >= 15 is 0 Å². The summed E-state index contributed by atoms with van der Waals surface area (Å²) >= 11 is 5.77. The second kappa shape index (κ2) is 6.69. The number of likely N-dealkylation sites (tertiary alicyclic amines) is 1. The highest BCUT2D eigenvalue weighted by Gasteiger charge is 2.43. The summed E-state index contributed by atoms with van der Waals surface area (Å²) in [5, 5.41) is 12.5. The van der Waals surface area contributed by atoms with Crippen molar-refractivity contribution in [3.8, 4) is 6.07 Å². The van der Waals surface area contributed by atoms with Crippen LogP contribution in [0.15, 0.2) is 42.5 Å². The van der Waals surface area contributed by atoms with E-state index < -0.39 is 23.1 Å². The van der Waals surface area contributed by atoms with Gasteiger partial charge in [0.15, 0.2) is 0 Å². The maximum atomic E-state index is 14.3. The summed E-state index contributed by atoms with van der Waals surface area (Å²) in [6.45, 7) is 0.373. The van der Waals surface area contributed by atoms with Crippen LogP contribution in [0.5, 0.6) is 0 Å². The molecule has 2 aromatic rings. The van der Waals surface area contributed by atoms with E-state index in [0.717, 1.165) is 6.07 Å². The summed E-state index contributed by atoms with van der Waals surface area (Å²) in [5.41, 5.74) is -0.440. The van der Waals surface area contributed by atoms with E-state index in [-0.39, 0.29) is 17.1 Å². The molecule has 4 nitrogen and oxygen atoms in total. The Labute approximate surface area is 148 Å². The van der Waals surface area contributed by atoms with E-state index in [4.69, 9.17) is 11.6 Å². The summed E-state index contributed by atoms with van der Waals surface area (Å²) in [6.07, 6.45) is 0.318. The molecule has 2 amide bonds. The average Bonchev–Trinajstić information content (AvgIpc) is 3.02. The van der Waals surface area contributed by atoms with Gasteiger partial charge in [-0.2, -0.15) is 5.26 Å². The number of amides is 2. The Hall–Kier alpha value is -2.65. The minimum absolute atomic E-state index is 0.0646. The molecular weight excluding hydrogens is 348 g/mol. The standard InChI is InChI=1S/C18H14ClF2N3O/c19-12-1-6-15(16(21)9-12)18(10-22)7-8-24(11-18)17(25)23-14-4-2-13(20)3-5-14/h1-6,9H,7-8,11H2,(H,23,25). The van der Waals surface area contributed by atoms with Gasteiger partial charge in [-0.25, -0.2) is 13.6 Å². The fraction of sp³-hybridized carbons (Fsp3) is 0.222. The van der Waals surface area contributed by atoms with E-state index in [9.17, 15) is 18.8 Å². The highest BCUT2D eigenvalue weighted by atomic mass is 35.5. The minimum atomic E-state index is -1.12. The molecule has 0 bridgehead atoms. The van der Waals surface area contributed by atoms with E-state index in [1.165, 1.54) is 41.3 Å². The quantitative estimate of drug-likeness (QED) is 0.866. The van der Waals surface area contributed by atoms with Crippen LogP contribution in [0, 0.1) is 23.0 Å². The van der Waals surface area contributed by atoms with Crippen molar-refractivity contribution >= 4 is 23.3 Å². The number of hydrogen-bond acceptors (Lipinski definition) is 2. The first-order valence-electron chi connectivity index (χ1n) is 7.62. The number of hydrogen-bond donors (Lipinski definition) is 1. The smallest absolute Gasteiger partial charge is 0.321 e. The van der Waals surface area contributed by atoms with Gasteiger partial charge in [0.1, 0.15) is 17.0 Å². The fourth-order valence-electron chi connectivity index (χ4n) is 2.97. The van der Waals surface area contributed by atoms with Gasteiger partial charge in [0.25, 0.3) is 0 Å². The van der Waals surface area contributed by atoms with Crippen molar-refractivity contribution in [2.45, 2.75) is 11.8 Å².